The largest absolute Gasteiger partial charge is 0.505 e. The van der Waals surface area contributed by atoms with Crippen molar-refractivity contribution in [2.75, 3.05) is 5.73 Å². The molecule has 0 saturated heterocycles. The van der Waals surface area contributed by atoms with Crippen LogP contribution in [-0.4, -0.2) is 54.4 Å². The van der Waals surface area contributed by atoms with Crippen LogP contribution < -0.4 is 5.73 Å². The van der Waals surface area contributed by atoms with Gasteiger partial charge in [-0.1, -0.05) is 10.1 Å². The summed E-state index contributed by atoms with van der Waals surface area (Å²) < 4.78 is 42.6. The second-order valence-corrected chi connectivity index (χ2v) is 13.4. The Morgan fingerprint density at radius 2 is 1.53 bits per heavy atom. The SMILES string of the molecule is CC(=O)O.Cc1nn(-c2ccc(S(=O)(=O)O)cc2)c(N)c1N=Nc1ccc2c(O)c(N=Nc3ccc(SOOO)c4cccnc34)c(SOOO)cc2c1.[Cu]. The number of fused-ring (bicyclic) bond motifs is 2. The molecule has 7 N–H and O–H groups in total. The minimum atomic E-state index is -4.37. The van der Waals surface area contributed by atoms with E-state index in [1.807, 2.05) is 0 Å². The number of nitrogens with two attached hydrogens (primary N) is 1. The average Bonchev–Trinajstić information content (AvgIpc) is 3.43. The van der Waals surface area contributed by atoms with Crippen LogP contribution in [0, 0.1) is 6.92 Å². The third kappa shape index (κ3) is 10.4. The number of phenolic OH excluding ortho intramolecular Hbond substituents is 1. The van der Waals surface area contributed by atoms with Crippen molar-refractivity contribution in [3.8, 4) is 11.4 Å². The molecule has 0 unspecified atom stereocenters. The minimum absolute atomic E-state index is 0. The molecule has 4 aromatic carbocycles. The topological polar surface area (TPSA) is 295 Å². The zero-order chi connectivity index (χ0) is 39.0. The second-order valence-electron chi connectivity index (χ2n) is 10.5. The summed E-state index contributed by atoms with van der Waals surface area (Å²) in [7, 11) is -4.37. The van der Waals surface area contributed by atoms with E-state index in [0.717, 1.165) is 19.0 Å². The Bertz CT molecular complexity index is 2500. The van der Waals surface area contributed by atoms with E-state index in [4.69, 9.17) is 26.1 Å². The van der Waals surface area contributed by atoms with Gasteiger partial charge in [-0.3, -0.25) is 14.3 Å². The quantitative estimate of drug-likeness (QED) is 0.0169. The summed E-state index contributed by atoms with van der Waals surface area (Å²) in [6, 6.07) is 18.4. The Balaban J connectivity index is 0.00000128. The number of azo groups is 2. The van der Waals surface area contributed by atoms with E-state index >= 15 is 0 Å². The predicted octanol–water partition coefficient (Wildman–Crippen LogP) is 8.19. The molecule has 0 atom stereocenters. The van der Waals surface area contributed by atoms with Gasteiger partial charge in [-0.05, 0) is 85.1 Å². The minimum Gasteiger partial charge on any atom is -0.505 e. The third-order valence-electron chi connectivity index (χ3n) is 7.02. The van der Waals surface area contributed by atoms with Crippen molar-refractivity contribution in [2.45, 2.75) is 28.5 Å². The van der Waals surface area contributed by atoms with Crippen LogP contribution >= 0.6 is 24.1 Å². The molecule has 0 aliphatic heterocycles. The van der Waals surface area contributed by atoms with Crippen molar-refractivity contribution in [1.29, 1.82) is 0 Å². The molecule has 6 aromatic rings. The average molecular weight is 862 g/mol. The third-order valence-corrected chi connectivity index (χ3v) is 9.17. The van der Waals surface area contributed by atoms with Crippen molar-refractivity contribution < 1.29 is 74.3 Å². The van der Waals surface area contributed by atoms with Crippen molar-refractivity contribution >= 4 is 90.4 Å². The van der Waals surface area contributed by atoms with Gasteiger partial charge in [-0.15, -0.1) is 24.0 Å². The molecule has 0 aliphatic rings. The maximum absolute atomic E-state index is 11.4. The maximum atomic E-state index is 11.4. The number of phenols is 1. The van der Waals surface area contributed by atoms with E-state index in [1.165, 1.54) is 28.9 Å². The van der Waals surface area contributed by atoms with Gasteiger partial charge in [-0.2, -0.15) is 18.6 Å². The standard InChI is InChI=1S/C29H22N8O10S3.C2H4O2.Cu/c1-15-25(29(30)37(36-15)18-5-7-19(8-6-18)50(41,42)43)34-32-17-4-9-20-16(13-17)14-24(49-47-45-40)27(28(20)38)35-33-22-10-11-23(48-46-44-39)21-3-2-12-31-26(21)22;1-2(3)4;/h2-14,38-40H,30H2,1H3,(H,41,42,43);1H3,(H,3,4);. The monoisotopic (exact) mass is 861 g/mol. The van der Waals surface area contributed by atoms with Crippen molar-refractivity contribution in [2.24, 2.45) is 20.5 Å². The second kappa shape index (κ2) is 19.0. The molecule has 0 amide bonds. The number of aromatic nitrogens is 3. The van der Waals surface area contributed by atoms with Gasteiger partial charge in [0.15, 0.2) is 17.3 Å². The number of carbonyl (C=O) groups is 1. The molecule has 0 saturated carbocycles. The Morgan fingerprint density at radius 3 is 2.18 bits per heavy atom. The van der Waals surface area contributed by atoms with Crippen LogP contribution in [0.5, 0.6) is 5.75 Å². The summed E-state index contributed by atoms with van der Waals surface area (Å²) in [5.41, 5.74) is 8.57. The molecule has 55 heavy (non-hydrogen) atoms. The summed E-state index contributed by atoms with van der Waals surface area (Å²) >= 11 is 1.32. The number of pyridine rings is 1. The molecule has 2 aromatic heterocycles. The van der Waals surface area contributed by atoms with Crippen LogP contribution in [0.1, 0.15) is 12.6 Å². The van der Waals surface area contributed by atoms with E-state index in [-0.39, 0.29) is 49.8 Å². The number of aryl methyl sites for hydroxylation is 1. The van der Waals surface area contributed by atoms with Gasteiger partial charge in [0.25, 0.3) is 16.1 Å². The fraction of sp³-hybridized carbons (Fsp3) is 0.0645. The van der Waals surface area contributed by atoms with Gasteiger partial charge in [0.05, 0.1) is 56.5 Å². The van der Waals surface area contributed by atoms with Gasteiger partial charge >= 0.3 is 0 Å². The number of nitrogens with zero attached hydrogens (tertiary/aromatic N) is 7. The van der Waals surface area contributed by atoms with Crippen LogP contribution in [-0.2, 0) is 50.7 Å². The molecule has 0 aliphatic carbocycles. The molecular weight excluding hydrogens is 836 g/mol. The number of hydrogen-bond acceptors (Lipinski definition) is 19. The molecular formula is C31H26CuN8O12S3. The summed E-state index contributed by atoms with van der Waals surface area (Å²) in [5.74, 6) is -0.971. The normalized spacial score (nSPS) is 11.6. The number of aromatic hydroxyl groups is 1. The van der Waals surface area contributed by atoms with Crippen LogP contribution in [0.3, 0.4) is 0 Å². The van der Waals surface area contributed by atoms with Crippen molar-refractivity contribution in [1.82, 2.24) is 14.8 Å². The van der Waals surface area contributed by atoms with Crippen LogP contribution in [0.2, 0.25) is 0 Å². The number of benzene rings is 4. The molecule has 0 spiro atoms. The maximum Gasteiger partial charge on any atom is 0.300 e. The molecule has 20 nitrogen and oxygen atoms in total. The Hall–Kier alpha value is -5.08. The first kappa shape index (κ1) is 42.7. The van der Waals surface area contributed by atoms with Gasteiger partial charge in [0, 0.05) is 45.9 Å². The van der Waals surface area contributed by atoms with Crippen LogP contribution in [0.4, 0.5) is 28.6 Å². The smallest absolute Gasteiger partial charge is 0.300 e. The van der Waals surface area contributed by atoms with Crippen LogP contribution in [0.15, 0.2) is 114 Å². The number of rotatable bonds is 12. The number of aliphatic carboxylic acids is 1. The van der Waals surface area contributed by atoms with E-state index in [2.05, 4.69) is 49.3 Å². The summed E-state index contributed by atoms with van der Waals surface area (Å²) in [6.45, 7) is 2.75. The number of hydrogen-bond donors (Lipinski definition) is 6. The first-order valence-corrected chi connectivity index (χ1v) is 17.7. The van der Waals surface area contributed by atoms with Gasteiger partial charge in [0.1, 0.15) is 11.4 Å². The van der Waals surface area contributed by atoms with Crippen LogP contribution in [0.25, 0.3) is 27.4 Å². The fourth-order valence-electron chi connectivity index (χ4n) is 4.78. The zero-order valence-corrected chi connectivity index (χ0v) is 31.2. The Kier molecular flexibility index (Phi) is 14.7. The van der Waals surface area contributed by atoms with Gasteiger partial charge in [-0.25, -0.2) is 15.2 Å². The molecule has 24 heteroatoms. The number of nitrogen functional groups attached to an aromatic ring is 1. The molecule has 6 rings (SSSR count). The fourth-order valence-corrected chi connectivity index (χ4v) is 6.24. The van der Waals surface area contributed by atoms with Crippen molar-refractivity contribution in [3.05, 3.63) is 84.7 Å². The van der Waals surface area contributed by atoms with E-state index in [1.54, 1.807) is 61.7 Å². The molecule has 2 heterocycles. The summed E-state index contributed by atoms with van der Waals surface area (Å²) in [5, 5.41) is 66.5. The van der Waals surface area contributed by atoms with E-state index < -0.39 is 16.1 Å². The zero-order valence-electron chi connectivity index (χ0n) is 27.8. The van der Waals surface area contributed by atoms with E-state index in [9.17, 15) is 18.1 Å². The predicted molar refractivity (Wildman–Crippen MR) is 193 cm³/mol. The first-order chi connectivity index (χ1) is 25.8. The molecule has 1 radical (unpaired) electrons. The number of carboxylic acid groups (broad SMARTS) is 1. The number of carboxylic acids is 1. The number of anilines is 1. The van der Waals surface area contributed by atoms with Gasteiger partial charge < -0.3 is 15.9 Å². The first-order valence-electron chi connectivity index (χ1n) is 14.7. The van der Waals surface area contributed by atoms with Gasteiger partial charge in [0.2, 0.25) is 0 Å². The Morgan fingerprint density at radius 1 is 0.873 bits per heavy atom. The molecule has 291 valence electrons. The van der Waals surface area contributed by atoms with E-state index in [0.29, 0.717) is 61.4 Å². The summed E-state index contributed by atoms with van der Waals surface area (Å²) in [6.07, 6.45) is 1.56. The summed E-state index contributed by atoms with van der Waals surface area (Å²) in [4.78, 5) is 13.9. The van der Waals surface area contributed by atoms with Crippen molar-refractivity contribution in [3.63, 3.8) is 0 Å². The molecule has 0 bridgehead atoms. The Labute approximate surface area is 329 Å². The molecule has 0 fully saturated rings.